The molecular weight excluding hydrogens is 475 g/mol. The number of aryl methyl sites for hydroxylation is 1. The van der Waals surface area contributed by atoms with Crippen LogP contribution in [-0.4, -0.2) is 33.8 Å². The monoisotopic (exact) mass is 508 g/mol. The van der Waals surface area contributed by atoms with Crippen LogP contribution in [0.25, 0.3) is 0 Å². The minimum absolute atomic E-state index is 0. The summed E-state index contributed by atoms with van der Waals surface area (Å²) in [7, 11) is 0. The predicted octanol–water partition coefficient (Wildman–Crippen LogP) is 4.08. The van der Waals surface area contributed by atoms with Gasteiger partial charge in [-0.2, -0.15) is 0 Å². The Morgan fingerprint density at radius 1 is 1.14 bits per heavy atom. The summed E-state index contributed by atoms with van der Waals surface area (Å²) in [4.78, 5) is 4.77. The van der Waals surface area contributed by atoms with Crippen LogP contribution in [0.15, 0.2) is 53.3 Å². The molecular formula is C22H33IN6. The molecule has 1 aromatic heterocycles. The molecule has 1 aliphatic carbocycles. The molecule has 1 heterocycles. The predicted molar refractivity (Wildman–Crippen MR) is 130 cm³/mol. The summed E-state index contributed by atoms with van der Waals surface area (Å²) in [6.07, 6.45) is 11.4. The highest BCUT2D eigenvalue weighted by atomic mass is 127. The van der Waals surface area contributed by atoms with Crippen LogP contribution in [0.1, 0.15) is 50.4 Å². The molecule has 29 heavy (non-hydrogen) atoms. The second-order valence-corrected chi connectivity index (χ2v) is 7.16. The number of aromatic nitrogens is 3. The van der Waals surface area contributed by atoms with Gasteiger partial charge in [-0.1, -0.05) is 48.9 Å². The number of guanidine groups is 1. The molecule has 0 bridgehead atoms. The lowest BCUT2D eigenvalue weighted by atomic mass is 9.97. The van der Waals surface area contributed by atoms with E-state index in [1.54, 1.807) is 11.9 Å². The molecule has 0 fully saturated rings. The zero-order chi connectivity index (χ0) is 19.4. The van der Waals surface area contributed by atoms with Crippen molar-refractivity contribution < 1.29 is 0 Å². The lowest BCUT2D eigenvalue weighted by molar-refractivity contribution is 0.628. The summed E-state index contributed by atoms with van der Waals surface area (Å²) < 4.78 is 2.09. The van der Waals surface area contributed by atoms with Crippen molar-refractivity contribution in [2.75, 3.05) is 13.1 Å². The first kappa shape index (κ1) is 23.4. The van der Waals surface area contributed by atoms with Gasteiger partial charge in [0.05, 0.1) is 6.54 Å². The normalized spacial score (nSPS) is 14.1. The summed E-state index contributed by atoms with van der Waals surface area (Å²) in [6, 6.07) is 10.4. The maximum atomic E-state index is 4.77. The Balaban J connectivity index is 0.00000300. The van der Waals surface area contributed by atoms with Crippen LogP contribution >= 0.6 is 24.0 Å². The van der Waals surface area contributed by atoms with Crippen LogP contribution in [0.4, 0.5) is 0 Å². The van der Waals surface area contributed by atoms with E-state index >= 15 is 0 Å². The van der Waals surface area contributed by atoms with Crippen molar-refractivity contribution in [3.63, 3.8) is 0 Å². The van der Waals surface area contributed by atoms with E-state index in [1.807, 2.05) is 6.07 Å². The molecule has 1 aliphatic rings. The third kappa shape index (κ3) is 8.16. The zero-order valence-corrected chi connectivity index (χ0v) is 19.6. The third-order valence-electron chi connectivity index (χ3n) is 5.04. The molecule has 0 atom stereocenters. The molecule has 0 saturated heterocycles. The summed E-state index contributed by atoms with van der Waals surface area (Å²) >= 11 is 0. The van der Waals surface area contributed by atoms with Crippen molar-refractivity contribution in [2.24, 2.45) is 4.99 Å². The second kappa shape index (κ2) is 13.3. The van der Waals surface area contributed by atoms with E-state index in [0.717, 1.165) is 44.3 Å². The first-order chi connectivity index (χ1) is 13.8. The lowest BCUT2D eigenvalue weighted by Crippen LogP contribution is -2.39. The molecule has 3 rings (SSSR count). The fourth-order valence-corrected chi connectivity index (χ4v) is 3.44. The number of hydrogen-bond donors (Lipinski definition) is 2. The van der Waals surface area contributed by atoms with Gasteiger partial charge < -0.3 is 15.2 Å². The Hall–Kier alpha value is -1.90. The molecule has 0 saturated carbocycles. The summed E-state index contributed by atoms with van der Waals surface area (Å²) in [5, 5.41) is 15.1. The second-order valence-electron chi connectivity index (χ2n) is 7.16. The molecule has 0 amide bonds. The Kier molecular flexibility index (Phi) is 10.8. The number of nitrogens with one attached hydrogen (secondary N) is 2. The molecule has 2 aromatic rings. The van der Waals surface area contributed by atoms with E-state index in [0.29, 0.717) is 6.54 Å². The minimum Gasteiger partial charge on any atom is -0.356 e. The molecule has 0 radical (unpaired) electrons. The molecule has 7 heteroatoms. The van der Waals surface area contributed by atoms with E-state index in [1.165, 1.54) is 31.2 Å². The number of halogens is 1. The van der Waals surface area contributed by atoms with Gasteiger partial charge in [0.2, 0.25) is 0 Å². The van der Waals surface area contributed by atoms with Gasteiger partial charge in [-0.3, -0.25) is 0 Å². The van der Waals surface area contributed by atoms with Crippen LogP contribution < -0.4 is 10.6 Å². The summed E-state index contributed by atoms with van der Waals surface area (Å²) in [5.74, 6) is 1.88. The van der Waals surface area contributed by atoms with Crippen LogP contribution in [-0.2, 0) is 19.5 Å². The van der Waals surface area contributed by atoms with Crippen LogP contribution in [0.5, 0.6) is 0 Å². The van der Waals surface area contributed by atoms with Crippen LogP contribution in [0, 0.1) is 0 Å². The first-order valence-electron chi connectivity index (χ1n) is 10.5. The van der Waals surface area contributed by atoms with Crippen molar-refractivity contribution in [2.45, 2.75) is 58.5 Å². The van der Waals surface area contributed by atoms with Gasteiger partial charge in [0.25, 0.3) is 0 Å². The van der Waals surface area contributed by atoms with Gasteiger partial charge >= 0.3 is 0 Å². The molecule has 1 aromatic carbocycles. The average Bonchev–Trinajstić information content (AvgIpc) is 3.20. The molecule has 2 N–H and O–H groups in total. The highest BCUT2D eigenvalue weighted by Gasteiger charge is 2.05. The topological polar surface area (TPSA) is 67.1 Å². The molecule has 0 aliphatic heterocycles. The van der Waals surface area contributed by atoms with Gasteiger partial charge in [0.1, 0.15) is 12.2 Å². The van der Waals surface area contributed by atoms with E-state index in [2.05, 4.69) is 62.7 Å². The number of nitrogens with zero attached hydrogens (tertiary/aromatic N) is 4. The number of benzene rings is 1. The fourth-order valence-electron chi connectivity index (χ4n) is 3.44. The van der Waals surface area contributed by atoms with E-state index < -0.39 is 0 Å². The molecule has 6 nitrogen and oxygen atoms in total. The lowest BCUT2D eigenvalue weighted by Gasteiger charge is -2.16. The van der Waals surface area contributed by atoms with Gasteiger partial charge in [-0.25, -0.2) is 4.99 Å². The van der Waals surface area contributed by atoms with Crippen molar-refractivity contribution in [1.82, 2.24) is 25.4 Å². The molecule has 0 unspecified atom stereocenters. The van der Waals surface area contributed by atoms with Crippen LogP contribution in [0.2, 0.25) is 0 Å². The van der Waals surface area contributed by atoms with Crippen molar-refractivity contribution in [3.05, 3.63) is 59.7 Å². The van der Waals surface area contributed by atoms with Crippen molar-refractivity contribution in [3.8, 4) is 0 Å². The summed E-state index contributed by atoms with van der Waals surface area (Å²) in [5.41, 5.74) is 2.80. The van der Waals surface area contributed by atoms with E-state index in [4.69, 9.17) is 4.99 Å². The van der Waals surface area contributed by atoms with E-state index in [-0.39, 0.29) is 24.0 Å². The maximum absolute atomic E-state index is 4.77. The van der Waals surface area contributed by atoms with E-state index in [9.17, 15) is 0 Å². The summed E-state index contributed by atoms with van der Waals surface area (Å²) in [6.45, 7) is 5.30. The smallest absolute Gasteiger partial charge is 0.191 e. The Morgan fingerprint density at radius 3 is 2.72 bits per heavy atom. The Labute approximate surface area is 191 Å². The van der Waals surface area contributed by atoms with Gasteiger partial charge in [-0.05, 0) is 37.7 Å². The van der Waals surface area contributed by atoms with Gasteiger partial charge in [-0.15, -0.1) is 34.2 Å². The number of aliphatic imine (C=N–C) groups is 1. The number of hydrogen-bond acceptors (Lipinski definition) is 3. The Morgan fingerprint density at radius 2 is 1.97 bits per heavy atom. The number of allylic oxidation sites excluding steroid dienone is 1. The highest BCUT2D eigenvalue weighted by molar-refractivity contribution is 14.0. The van der Waals surface area contributed by atoms with Gasteiger partial charge in [0.15, 0.2) is 5.96 Å². The minimum atomic E-state index is 0. The molecule has 0 spiro atoms. The SMILES string of the molecule is CCc1nncn1CCNC(=NCc1ccccc1)NCCC1=CCCCC1.I. The van der Waals surface area contributed by atoms with Crippen molar-refractivity contribution in [1.29, 1.82) is 0 Å². The Bertz CT molecular complexity index is 769. The van der Waals surface area contributed by atoms with Crippen molar-refractivity contribution >= 4 is 29.9 Å². The van der Waals surface area contributed by atoms with Gasteiger partial charge in [0, 0.05) is 26.1 Å². The number of rotatable bonds is 9. The largest absolute Gasteiger partial charge is 0.356 e. The maximum Gasteiger partial charge on any atom is 0.191 e. The average molecular weight is 508 g/mol. The fraction of sp³-hybridized carbons (Fsp3) is 0.500. The zero-order valence-electron chi connectivity index (χ0n) is 17.3. The standard InChI is InChI=1S/C22H32N6.HI/c1-2-21-27-26-18-28(21)16-15-24-22(25-17-20-11-7-4-8-12-20)23-14-13-19-9-5-3-6-10-19;/h4,7-9,11-12,18H,2-3,5-6,10,13-17H2,1H3,(H2,23,24,25);1H. The molecule has 158 valence electrons. The van der Waals surface area contributed by atoms with Crippen LogP contribution in [0.3, 0.4) is 0 Å². The first-order valence-corrected chi connectivity index (χ1v) is 10.5. The quantitative estimate of drug-likeness (QED) is 0.232. The third-order valence-corrected chi connectivity index (χ3v) is 5.04. The highest BCUT2D eigenvalue weighted by Crippen LogP contribution is 2.19.